The normalized spacial score (nSPS) is 10.6. The van der Waals surface area contributed by atoms with E-state index in [2.05, 4.69) is 28.6 Å². The molecule has 2 aromatic carbocycles. The smallest absolute Gasteiger partial charge is 0.220 e. The Bertz CT molecular complexity index is 896. The zero-order valence-corrected chi connectivity index (χ0v) is 16.0. The maximum Gasteiger partial charge on any atom is 0.220 e. The van der Waals surface area contributed by atoms with Gasteiger partial charge in [-0.05, 0) is 61.7 Å². The number of methoxy groups -OCH3 is 1. The fraction of sp³-hybridized carbons (Fsp3) is 0.273. The summed E-state index contributed by atoms with van der Waals surface area (Å²) in [5.41, 5.74) is 5.34. The van der Waals surface area contributed by atoms with Crippen LogP contribution in [0, 0.1) is 13.8 Å². The molecule has 27 heavy (non-hydrogen) atoms. The largest absolute Gasteiger partial charge is 0.497 e. The third-order valence-electron chi connectivity index (χ3n) is 4.48. The van der Waals surface area contributed by atoms with Crippen molar-refractivity contribution in [1.29, 1.82) is 0 Å². The van der Waals surface area contributed by atoms with Crippen molar-refractivity contribution in [2.45, 2.75) is 33.2 Å². The van der Waals surface area contributed by atoms with E-state index in [1.807, 2.05) is 54.9 Å². The van der Waals surface area contributed by atoms with Crippen LogP contribution in [0.25, 0.3) is 5.69 Å². The number of benzene rings is 2. The van der Waals surface area contributed by atoms with Crippen molar-refractivity contribution in [3.8, 4) is 11.4 Å². The Balaban J connectivity index is 1.49. The molecule has 140 valence electrons. The summed E-state index contributed by atoms with van der Waals surface area (Å²) in [7, 11) is 1.64. The Kier molecular flexibility index (Phi) is 5.91. The minimum atomic E-state index is 0.0495. The molecule has 0 bridgehead atoms. The number of nitrogens with zero attached hydrogens (tertiary/aromatic N) is 2. The summed E-state index contributed by atoms with van der Waals surface area (Å²) < 4.78 is 7.07. The lowest BCUT2D eigenvalue weighted by Crippen LogP contribution is -2.22. The van der Waals surface area contributed by atoms with Gasteiger partial charge in [-0.1, -0.05) is 24.3 Å². The topological polar surface area (TPSA) is 56.1 Å². The minimum Gasteiger partial charge on any atom is -0.497 e. The lowest BCUT2D eigenvalue weighted by molar-refractivity contribution is -0.121. The van der Waals surface area contributed by atoms with Crippen LogP contribution >= 0.6 is 0 Å². The molecule has 5 nitrogen and oxygen atoms in total. The Labute approximate surface area is 160 Å². The number of amides is 1. The quantitative estimate of drug-likeness (QED) is 0.696. The first-order chi connectivity index (χ1) is 13.0. The SMILES string of the molecule is COc1ccc(CNC(=O)CCc2ccc(-n3nc(C)cc3C)cc2)cc1. The van der Waals surface area contributed by atoms with Crippen molar-refractivity contribution in [2.24, 2.45) is 0 Å². The van der Waals surface area contributed by atoms with Gasteiger partial charge in [0.25, 0.3) is 0 Å². The average molecular weight is 363 g/mol. The predicted molar refractivity (Wildman–Crippen MR) is 106 cm³/mol. The van der Waals surface area contributed by atoms with Gasteiger partial charge >= 0.3 is 0 Å². The van der Waals surface area contributed by atoms with Crippen molar-refractivity contribution in [2.75, 3.05) is 7.11 Å². The molecule has 0 fully saturated rings. The summed E-state index contributed by atoms with van der Waals surface area (Å²) in [6.07, 6.45) is 1.18. The van der Waals surface area contributed by atoms with Crippen LogP contribution in [0.3, 0.4) is 0 Å². The second-order valence-electron chi connectivity index (χ2n) is 6.63. The van der Waals surface area contributed by atoms with Gasteiger partial charge in [0.1, 0.15) is 5.75 Å². The number of aryl methyl sites for hydroxylation is 3. The summed E-state index contributed by atoms with van der Waals surface area (Å²) in [5.74, 6) is 0.863. The second-order valence-corrected chi connectivity index (χ2v) is 6.63. The number of rotatable bonds is 7. The van der Waals surface area contributed by atoms with Crippen LogP contribution in [-0.2, 0) is 17.8 Å². The molecule has 0 aliphatic carbocycles. The molecule has 0 saturated carbocycles. The van der Waals surface area contributed by atoms with Gasteiger partial charge in [0.2, 0.25) is 5.91 Å². The molecule has 0 atom stereocenters. The number of carbonyl (C=O) groups excluding carboxylic acids is 1. The van der Waals surface area contributed by atoms with Crippen LogP contribution < -0.4 is 10.1 Å². The van der Waals surface area contributed by atoms with Crippen LogP contribution in [0.15, 0.2) is 54.6 Å². The molecule has 3 rings (SSSR count). The van der Waals surface area contributed by atoms with E-state index in [0.717, 1.165) is 34.0 Å². The van der Waals surface area contributed by atoms with Gasteiger partial charge in [-0.2, -0.15) is 5.10 Å². The molecule has 0 radical (unpaired) electrons. The highest BCUT2D eigenvalue weighted by molar-refractivity contribution is 5.76. The van der Waals surface area contributed by atoms with E-state index in [1.54, 1.807) is 7.11 Å². The Morgan fingerprint density at radius 1 is 1.04 bits per heavy atom. The number of carbonyl (C=O) groups is 1. The first kappa shape index (κ1) is 18.7. The van der Waals surface area contributed by atoms with Crippen molar-refractivity contribution in [3.63, 3.8) is 0 Å². The Hall–Kier alpha value is -3.08. The number of aromatic nitrogens is 2. The number of nitrogens with one attached hydrogen (secondary N) is 1. The van der Waals surface area contributed by atoms with Gasteiger partial charge in [-0.3, -0.25) is 4.79 Å². The molecular formula is C22H25N3O2. The molecule has 1 heterocycles. The third kappa shape index (κ3) is 4.97. The summed E-state index contributed by atoms with van der Waals surface area (Å²) in [6, 6.07) is 18.0. The van der Waals surface area contributed by atoms with E-state index in [4.69, 9.17) is 4.74 Å². The fourth-order valence-corrected chi connectivity index (χ4v) is 2.98. The molecular weight excluding hydrogens is 338 g/mol. The Morgan fingerprint density at radius 2 is 1.70 bits per heavy atom. The van der Waals surface area contributed by atoms with Gasteiger partial charge in [0.05, 0.1) is 18.5 Å². The highest BCUT2D eigenvalue weighted by Gasteiger charge is 2.06. The summed E-state index contributed by atoms with van der Waals surface area (Å²) in [4.78, 5) is 12.1. The molecule has 0 unspecified atom stereocenters. The van der Waals surface area contributed by atoms with Crippen molar-refractivity contribution in [3.05, 3.63) is 77.1 Å². The molecule has 5 heteroatoms. The zero-order chi connectivity index (χ0) is 19.2. The molecule has 1 aromatic heterocycles. The average Bonchev–Trinajstić information content (AvgIpc) is 3.03. The Morgan fingerprint density at radius 3 is 2.30 bits per heavy atom. The van der Waals surface area contributed by atoms with Gasteiger partial charge in [-0.15, -0.1) is 0 Å². The number of ether oxygens (including phenoxy) is 1. The summed E-state index contributed by atoms with van der Waals surface area (Å²) in [6.45, 7) is 4.56. The van der Waals surface area contributed by atoms with E-state index < -0.39 is 0 Å². The van der Waals surface area contributed by atoms with Crippen LogP contribution in [0.2, 0.25) is 0 Å². The van der Waals surface area contributed by atoms with Gasteiger partial charge in [0, 0.05) is 18.7 Å². The standard InChI is InChI=1S/C22H25N3O2/c1-16-14-17(2)25(24-16)20-9-4-18(5-10-20)8-13-22(26)23-15-19-6-11-21(27-3)12-7-19/h4-7,9-12,14H,8,13,15H2,1-3H3,(H,23,26). The van der Waals surface area contributed by atoms with Crippen LogP contribution in [0.4, 0.5) is 0 Å². The molecule has 1 amide bonds. The van der Waals surface area contributed by atoms with Crippen LogP contribution in [-0.4, -0.2) is 22.8 Å². The maximum absolute atomic E-state index is 12.1. The first-order valence-electron chi connectivity index (χ1n) is 9.07. The van der Waals surface area contributed by atoms with Gasteiger partial charge < -0.3 is 10.1 Å². The summed E-state index contributed by atoms with van der Waals surface area (Å²) >= 11 is 0. The van der Waals surface area contributed by atoms with E-state index in [9.17, 15) is 4.79 Å². The van der Waals surface area contributed by atoms with Crippen LogP contribution in [0.1, 0.15) is 28.9 Å². The van der Waals surface area contributed by atoms with Crippen molar-refractivity contribution >= 4 is 5.91 Å². The minimum absolute atomic E-state index is 0.0495. The molecule has 0 aliphatic rings. The van der Waals surface area contributed by atoms with E-state index in [1.165, 1.54) is 0 Å². The highest BCUT2D eigenvalue weighted by atomic mass is 16.5. The first-order valence-corrected chi connectivity index (χ1v) is 9.07. The monoisotopic (exact) mass is 363 g/mol. The third-order valence-corrected chi connectivity index (χ3v) is 4.48. The molecule has 3 aromatic rings. The molecule has 1 N–H and O–H groups in total. The van der Waals surface area contributed by atoms with E-state index >= 15 is 0 Å². The number of hydrogen-bond acceptors (Lipinski definition) is 3. The zero-order valence-electron chi connectivity index (χ0n) is 16.0. The highest BCUT2D eigenvalue weighted by Crippen LogP contribution is 2.14. The van der Waals surface area contributed by atoms with Gasteiger partial charge in [0.15, 0.2) is 0 Å². The molecule has 0 aliphatic heterocycles. The maximum atomic E-state index is 12.1. The molecule has 0 saturated heterocycles. The van der Waals surface area contributed by atoms with E-state index in [0.29, 0.717) is 19.4 Å². The predicted octanol–water partition coefficient (Wildman–Crippen LogP) is 3.75. The van der Waals surface area contributed by atoms with Crippen molar-refractivity contribution in [1.82, 2.24) is 15.1 Å². The fourth-order valence-electron chi connectivity index (χ4n) is 2.98. The lowest BCUT2D eigenvalue weighted by atomic mass is 10.1. The lowest BCUT2D eigenvalue weighted by Gasteiger charge is -2.08. The number of hydrogen-bond donors (Lipinski definition) is 1. The molecule has 0 spiro atoms. The van der Waals surface area contributed by atoms with Crippen molar-refractivity contribution < 1.29 is 9.53 Å². The second kappa shape index (κ2) is 8.54. The summed E-state index contributed by atoms with van der Waals surface area (Å²) in [5, 5.41) is 7.45. The van der Waals surface area contributed by atoms with Gasteiger partial charge in [-0.25, -0.2) is 4.68 Å². The van der Waals surface area contributed by atoms with Crippen LogP contribution in [0.5, 0.6) is 5.75 Å². The van der Waals surface area contributed by atoms with E-state index in [-0.39, 0.29) is 5.91 Å².